The number of nitrogens with two attached hydrogens (primary N) is 1. The van der Waals surface area contributed by atoms with E-state index in [1.54, 1.807) is 0 Å². The number of hydrogen-bond donors (Lipinski definition) is 3. The van der Waals surface area contributed by atoms with Gasteiger partial charge in [-0.25, -0.2) is 0 Å². The van der Waals surface area contributed by atoms with Gasteiger partial charge in [0.05, 0.1) is 12.1 Å². The molecule has 116 valence electrons. The molecule has 3 atom stereocenters. The normalized spacial score (nSPS) is 26.3. The SMILES string of the molecule is N[C@@H]1C[C@@H]2c3ccccc3C[C@@H](C(=O)NCC(=O)O)N2C1=O. The zero-order chi connectivity index (χ0) is 15.9. The number of carboxylic acids is 1. The number of hydrogen-bond acceptors (Lipinski definition) is 4. The van der Waals surface area contributed by atoms with E-state index in [1.165, 1.54) is 4.90 Å². The van der Waals surface area contributed by atoms with Crippen LogP contribution in [0.1, 0.15) is 23.6 Å². The molecular formula is C15H17N3O4. The molecule has 22 heavy (non-hydrogen) atoms. The molecule has 0 bridgehead atoms. The van der Waals surface area contributed by atoms with Gasteiger partial charge in [0.1, 0.15) is 12.6 Å². The Morgan fingerprint density at radius 2 is 2.09 bits per heavy atom. The maximum atomic E-state index is 12.3. The highest BCUT2D eigenvalue weighted by Gasteiger charge is 2.47. The summed E-state index contributed by atoms with van der Waals surface area (Å²) in [7, 11) is 0. The van der Waals surface area contributed by atoms with Gasteiger partial charge in [-0.1, -0.05) is 24.3 Å². The number of nitrogens with zero attached hydrogens (tertiary/aromatic N) is 1. The monoisotopic (exact) mass is 303 g/mol. The molecule has 4 N–H and O–H groups in total. The van der Waals surface area contributed by atoms with E-state index in [4.69, 9.17) is 10.8 Å². The van der Waals surface area contributed by atoms with Crippen LogP contribution in [-0.4, -0.2) is 46.4 Å². The lowest BCUT2D eigenvalue weighted by Crippen LogP contribution is -2.53. The summed E-state index contributed by atoms with van der Waals surface area (Å²) in [5.74, 6) is -1.83. The van der Waals surface area contributed by atoms with Gasteiger partial charge in [-0.05, 0) is 17.5 Å². The Balaban J connectivity index is 1.92. The first-order chi connectivity index (χ1) is 10.5. The molecule has 0 saturated carbocycles. The number of carbonyl (C=O) groups is 3. The Kier molecular flexibility index (Phi) is 3.58. The van der Waals surface area contributed by atoms with Gasteiger partial charge >= 0.3 is 5.97 Å². The van der Waals surface area contributed by atoms with E-state index in [0.717, 1.165) is 11.1 Å². The number of fused-ring (bicyclic) bond motifs is 3. The zero-order valence-corrected chi connectivity index (χ0v) is 11.9. The average Bonchev–Trinajstić information content (AvgIpc) is 2.80. The number of rotatable bonds is 3. The largest absolute Gasteiger partial charge is 0.480 e. The molecule has 1 fully saturated rings. The van der Waals surface area contributed by atoms with Crippen molar-refractivity contribution in [2.24, 2.45) is 5.73 Å². The van der Waals surface area contributed by atoms with Gasteiger partial charge in [0, 0.05) is 6.42 Å². The third kappa shape index (κ3) is 2.33. The second-order valence-corrected chi connectivity index (χ2v) is 5.63. The predicted molar refractivity (Wildman–Crippen MR) is 76.8 cm³/mol. The molecule has 1 aromatic rings. The Morgan fingerprint density at radius 3 is 2.82 bits per heavy atom. The lowest BCUT2D eigenvalue weighted by Gasteiger charge is -2.38. The van der Waals surface area contributed by atoms with E-state index in [-0.39, 0.29) is 11.9 Å². The molecule has 3 rings (SSSR count). The first kappa shape index (κ1) is 14.5. The van der Waals surface area contributed by atoms with E-state index in [9.17, 15) is 14.4 Å². The summed E-state index contributed by atoms with van der Waals surface area (Å²) in [5.41, 5.74) is 7.88. The van der Waals surface area contributed by atoms with Crippen molar-refractivity contribution in [3.63, 3.8) is 0 Å². The first-order valence-corrected chi connectivity index (χ1v) is 7.14. The third-order valence-electron chi connectivity index (χ3n) is 4.26. The van der Waals surface area contributed by atoms with Crippen molar-refractivity contribution in [2.75, 3.05) is 6.54 Å². The van der Waals surface area contributed by atoms with Gasteiger partial charge in [0.25, 0.3) is 0 Å². The lowest BCUT2D eigenvalue weighted by atomic mass is 9.88. The molecule has 2 aliphatic heterocycles. The van der Waals surface area contributed by atoms with E-state index in [2.05, 4.69) is 5.32 Å². The predicted octanol–water partition coefficient (Wildman–Crippen LogP) is -0.587. The van der Waals surface area contributed by atoms with Crippen LogP contribution in [0.15, 0.2) is 24.3 Å². The Bertz CT molecular complexity index is 645. The molecule has 0 aromatic heterocycles. The molecule has 7 heteroatoms. The molecule has 0 unspecified atom stereocenters. The summed E-state index contributed by atoms with van der Waals surface area (Å²) in [4.78, 5) is 36.7. The molecule has 7 nitrogen and oxygen atoms in total. The molecule has 2 heterocycles. The van der Waals surface area contributed by atoms with Crippen LogP contribution < -0.4 is 11.1 Å². The average molecular weight is 303 g/mol. The summed E-state index contributed by atoms with van der Waals surface area (Å²) >= 11 is 0. The smallest absolute Gasteiger partial charge is 0.322 e. The maximum Gasteiger partial charge on any atom is 0.322 e. The van der Waals surface area contributed by atoms with Gasteiger partial charge in [-0.2, -0.15) is 0 Å². The molecular weight excluding hydrogens is 286 g/mol. The molecule has 2 aliphatic rings. The van der Waals surface area contributed by atoms with Crippen molar-refractivity contribution < 1.29 is 19.5 Å². The van der Waals surface area contributed by atoms with Gasteiger partial charge in [0.15, 0.2) is 0 Å². The van der Waals surface area contributed by atoms with Gasteiger partial charge < -0.3 is 21.1 Å². The number of aliphatic carboxylic acids is 1. The second-order valence-electron chi connectivity index (χ2n) is 5.63. The van der Waals surface area contributed by atoms with Gasteiger partial charge in [-0.3, -0.25) is 14.4 Å². The zero-order valence-electron chi connectivity index (χ0n) is 11.9. The summed E-state index contributed by atoms with van der Waals surface area (Å²) in [6, 6.07) is 6.12. The van der Waals surface area contributed by atoms with Crippen molar-refractivity contribution >= 4 is 17.8 Å². The first-order valence-electron chi connectivity index (χ1n) is 7.14. The van der Waals surface area contributed by atoms with E-state index >= 15 is 0 Å². The van der Waals surface area contributed by atoms with E-state index < -0.39 is 30.5 Å². The molecule has 2 amide bonds. The van der Waals surface area contributed by atoms with Crippen LogP contribution in [0.2, 0.25) is 0 Å². The summed E-state index contributed by atoms with van der Waals surface area (Å²) in [5, 5.41) is 11.0. The maximum absolute atomic E-state index is 12.3. The van der Waals surface area contributed by atoms with Crippen molar-refractivity contribution in [3.05, 3.63) is 35.4 Å². The summed E-state index contributed by atoms with van der Waals surface area (Å²) < 4.78 is 0. The standard InChI is InChI=1S/C15H17N3O4/c16-10-6-11-9-4-2-1-3-8(9)5-12(18(11)15(10)22)14(21)17-7-13(19)20/h1-4,10-12H,5-7,16H2,(H,17,21)(H,19,20)/t10-,11-,12+/m1/s1. The van der Waals surface area contributed by atoms with Crippen LogP contribution in [0.25, 0.3) is 0 Å². The van der Waals surface area contributed by atoms with Crippen LogP contribution in [-0.2, 0) is 20.8 Å². The second kappa shape index (κ2) is 5.42. The highest BCUT2D eigenvalue weighted by atomic mass is 16.4. The molecule has 0 spiro atoms. The summed E-state index contributed by atoms with van der Waals surface area (Å²) in [6.07, 6.45) is 0.842. The fourth-order valence-electron chi connectivity index (χ4n) is 3.30. The minimum Gasteiger partial charge on any atom is -0.480 e. The van der Waals surface area contributed by atoms with Crippen molar-refractivity contribution in [1.82, 2.24) is 10.2 Å². The third-order valence-corrected chi connectivity index (χ3v) is 4.26. The Hall–Kier alpha value is -2.41. The van der Waals surface area contributed by atoms with Gasteiger partial charge in [-0.15, -0.1) is 0 Å². The highest BCUT2D eigenvalue weighted by molar-refractivity contribution is 5.93. The van der Waals surface area contributed by atoms with Crippen molar-refractivity contribution in [2.45, 2.75) is 31.0 Å². The Morgan fingerprint density at radius 1 is 1.36 bits per heavy atom. The number of amides is 2. The van der Waals surface area contributed by atoms with Crippen molar-refractivity contribution in [1.29, 1.82) is 0 Å². The number of nitrogens with one attached hydrogen (secondary N) is 1. The minimum atomic E-state index is -1.12. The van der Waals surface area contributed by atoms with E-state index in [1.807, 2.05) is 24.3 Å². The fraction of sp³-hybridized carbons (Fsp3) is 0.400. The Labute approximate surface area is 127 Å². The van der Waals surface area contributed by atoms with Crippen molar-refractivity contribution in [3.8, 4) is 0 Å². The summed E-state index contributed by atoms with van der Waals surface area (Å²) in [6.45, 7) is -0.463. The molecule has 0 aliphatic carbocycles. The van der Waals surface area contributed by atoms with Crippen LogP contribution in [0, 0.1) is 0 Å². The van der Waals surface area contributed by atoms with Crippen LogP contribution in [0.4, 0.5) is 0 Å². The number of carbonyl (C=O) groups excluding carboxylic acids is 2. The minimum absolute atomic E-state index is 0.215. The molecule has 0 radical (unpaired) electrons. The van der Waals surface area contributed by atoms with Crippen LogP contribution in [0.3, 0.4) is 0 Å². The van der Waals surface area contributed by atoms with Gasteiger partial charge in [0.2, 0.25) is 11.8 Å². The quantitative estimate of drug-likeness (QED) is 0.691. The van der Waals surface area contributed by atoms with Crippen LogP contribution >= 0.6 is 0 Å². The highest BCUT2D eigenvalue weighted by Crippen LogP contribution is 2.40. The molecule has 1 saturated heterocycles. The number of benzene rings is 1. The molecule has 1 aromatic carbocycles. The number of carboxylic acid groups (broad SMARTS) is 1. The topological polar surface area (TPSA) is 113 Å². The van der Waals surface area contributed by atoms with Crippen LogP contribution in [0.5, 0.6) is 0 Å². The van der Waals surface area contributed by atoms with E-state index in [0.29, 0.717) is 12.8 Å². The lowest BCUT2D eigenvalue weighted by molar-refractivity contribution is -0.142. The fourth-order valence-corrected chi connectivity index (χ4v) is 3.30.